The third-order valence-electron chi connectivity index (χ3n) is 5.58. The number of piperazine rings is 1. The van der Waals surface area contributed by atoms with Gasteiger partial charge in [-0.15, -0.1) is 0 Å². The second-order valence-corrected chi connectivity index (χ2v) is 7.69. The molecule has 28 heavy (non-hydrogen) atoms. The van der Waals surface area contributed by atoms with Gasteiger partial charge in [0.15, 0.2) is 5.76 Å². The van der Waals surface area contributed by atoms with Gasteiger partial charge >= 0.3 is 0 Å². The molecule has 0 saturated carbocycles. The van der Waals surface area contributed by atoms with Crippen molar-refractivity contribution in [3.63, 3.8) is 0 Å². The quantitative estimate of drug-likeness (QED) is 0.816. The van der Waals surface area contributed by atoms with Crippen LogP contribution in [0.25, 0.3) is 0 Å². The molecule has 2 aliphatic rings. The number of carbonyl (C=O) groups is 2. The minimum absolute atomic E-state index is 0.0236. The molecular formula is C21H26N4O3. The van der Waals surface area contributed by atoms with Gasteiger partial charge in [0, 0.05) is 45.5 Å². The highest BCUT2D eigenvalue weighted by Gasteiger charge is 2.27. The first-order valence-electron chi connectivity index (χ1n) is 9.94. The number of hydrogen-bond acceptors (Lipinski definition) is 5. The predicted octanol–water partition coefficient (Wildman–Crippen LogP) is 2.51. The molecular weight excluding hydrogens is 356 g/mol. The Morgan fingerprint density at radius 2 is 1.82 bits per heavy atom. The van der Waals surface area contributed by atoms with E-state index in [4.69, 9.17) is 4.42 Å². The van der Waals surface area contributed by atoms with Crippen molar-refractivity contribution in [2.45, 2.75) is 19.8 Å². The first-order valence-corrected chi connectivity index (χ1v) is 9.94. The van der Waals surface area contributed by atoms with Crippen LogP contribution in [0.4, 0.5) is 5.69 Å². The summed E-state index contributed by atoms with van der Waals surface area (Å²) in [7, 11) is 0. The van der Waals surface area contributed by atoms with Crippen LogP contribution in [0.3, 0.4) is 0 Å². The van der Waals surface area contributed by atoms with Gasteiger partial charge in [-0.25, -0.2) is 0 Å². The van der Waals surface area contributed by atoms with Crippen LogP contribution in [-0.4, -0.2) is 65.9 Å². The van der Waals surface area contributed by atoms with Gasteiger partial charge < -0.3 is 19.1 Å². The monoisotopic (exact) mass is 382 g/mol. The number of anilines is 1. The Balaban J connectivity index is 1.39. The average Bonchev–Trinajstić information content (AvgIpc) is 3.28. The minimum atomic E-state index is -0.125. The van der Waals surface area contributed by atoms with Gasteiger partial charge in [0.2, 0.25) is 0 Å². The van der Waals surface area contributed by atoms with Crippen molar-refractivity contribution in [1.82, 2.24) is 14.8 Å². The molecule has 2 saturated heterocycles. The fourth-order valence-corrected chi connectivity index (χ4v) is 3.99. The van der Waals surface area contributed by atoms with Crippen LogP contribution in [0.2, 0.25) is 0 Å². The Morgan fingerprint density at radius 1 is 1.07 bits per heavy atom. The molecule has 1 atom stereocenters. The molecule has 0 aromatic carbocycles. The molecule has 2 aromatic heterocycles. The third kappa shape index (κ3) is 3.88. The zero-order valence-corrected chi connectivity index (χ0v) is 16.2. The zero-order valence-electron chi connectivity index (χ0n) is 16.2. The SMILES string of the molecule is CC1CCCN(c2cncc(C(=O)N3CCN(C(=O)c4ccco4)CC3)c2)C1. The van der Waals surface area contributed by atoms with E-state index >= 15 is 0 Å². The molecule has 2 fully saturated rings. The van der Waals surface area contributed by atoms with Crippen LogP contribution >= 0.6 is 0 Å². The lowest BCUT2D eigenvalue weighted by Gasteiger charge is -2.35. The topological polar surface area (TPSA) is 69.9 Å². The van der Waals surface area contributed by atoms with Crippen LogP contribution in [0.5, 0.6) is 0 Å². The summed E-state index contributed by atoms with van der Waals surface area (Å²) in [6, 6.07) is 5.32. The molecule has 2 aliphatic heterocycles. The fraction of sp³-hybridized carbons (Fsp3) is 0.476. The largest absolute Gasteiger partial charge is 0.459 e. The van der Waals surface area contributed by atoms with Crippen LogP contribution in [0, 0.1) is 5.92 Å². The molecule has 2 aromatic rings. The van der Waals surface area contributed by atoms with Gasteiger partial charge in [0.1, 0.15) is 0 Å². The van der Waals surface area contributed by atoms with Crippen LogP contribution < -0.4 is 4.90 Å². The van der Waals surface area contributed by atoms with Crippen LogP contribution in [0.15, 0.2) is 41.3 Å². The van der Waals surface area contributed by atoms with Crippen molar-refractivity contribution in [3.05, 3.63) is 48.2 Å². The highest BCUT2D eigenvalue weighted by molar-refractivity contribution is 5.95. The van der Waals surface area contributed by atoms with Crippen LogP contribution in [0.1, 0.15) is 40.7 Å². The molecule has 7 nitrogen and oxygen atoms in total. The molecule has 0 N–H and O–H groups in total. The summed E-state index contributed by atoms with van der Waals surface area (Å²) < 4.78 is 5.19. The average molecular weight is 382 g/mol. The van der Waals surface area contributed by atoms with E-state index in [1.165, 1.54) is 19.1 Å². The number of hydrogen-bond donors (Lipinski definition) is 0. The summed E-state index contributed by atoms with van der Waals surface area (Å²) in [4.78, 5) is 35.5. The van der Waals surface area contributed by atoms with Crippen molar-refractivity contribution in [3.8, 4) is 0 Å². The number of piperidine rings is 1. The molecule has 148 valence electrons. The zero-order chi connectivity index (χ0) is 19.5. The number of amides is 2. The maximum atomic E-state index is 12.9. The number of furan rings is 1. The lowest BCUT2D eigenvalue weighted by atomic mass is 10.00. The van der Waals surface area contributed by atoms with Gasteiger partial charge in [-0.3, -0.25) is 14.6 Å². The second kappa shape index (κ2) is 8.04. The lowest BCUT2D eigenvalue weighted by molar-refractivity contribution is 0.0518. The molecule has 0 bridgehead atoms. The Morgan fingerprint density at radius 3 is 2.50 bits per heavy atom. The van der Waals surface area contributed by atoms with Crippen molar-refractivity contribution in [2.75, 3.05) is 44.2 Å². The van der Waals surface area contributed by atoms with E-state index in [9.17, 15) is 9.59 Å². The summed E-state index contributed by atoms with van der Waals surface area (Å²) in [5.41, 5.74) is 1.63. The smallest absolute Gasteiger partial charge is 0.289 e. The van der Waals surface area contributed by atoms with Gasteiger partial charge in [0.25, 0.3) is 11.8 Å². The van der Waals surface area contributed by atoms with Crippen molar-refractivity contribution < 1.29 is 14.0 Å². The van der Waals surface area contributed by atoms with E-state index in [0.717, 1.165) is 18.8 Å². The number of pyridine rings is 1. The van der Waals surface area contributed by atoms with Gasteiger partial charge in [-0.05, 0) is 37.0 Å². The summed E-state index contributed by atoms with van der Waals surface area (Å²) >= 11 is 0. The van der Waals surface area contributed by atoms with Gasteiger partial charge in [-0.2, -0.15) is 0 Å². The molecule has 7 heteroatoms. The van der Waals surface area contributed by atoms with Crippen LogP contribution in [-0.2, 0) is 0 Å². The molecule has 0 radical (unpaired) electrons. The van der Waals surface area contributed by atoms with E-state index in [2.05, 4.69) is 16.8 Å². The highest BCUT2D eigenvalue weighted by Crippen LogP contribution is 2.23. The first kappa shape index (κ1) is 18.5. The van der Waals surface area contributed by atoms with Crippen molar-refractivity contribution in [1.29, 1.82) is 0 Å². The molecule has 4 rings (SSSR count). The van der Waals surface area contributed by atoms with Crippen molar-refractivity contribution in [2.24, 2.45) is 5.92 Å². The molecule has 2 amide bonds. The van der Waals surface area contributed by atoms with E-state index < -0.39 is 0 Å². The Labute approximate surface area is 164 Å². The summed E-state index contributed by atoms with van der Waals surface area (Å²) in [6.45, 7) is 6.30. The highest BCUT2D eigenvalue weighted by atomic mass is 16.3. The fourth-order valence-electron chi connectivity index (χ4n) is 3.99. The molecule has 0 aliphatic carbocycles. The summed E-state index contributed by atoms with van der Waals surface area (Å²) in [5.74, 6) is 0.852. The normalized spacial score (nSPS) is 20.3. The predicted molar refractivity (Wildman–Crippen MR) is 105 cm³/mol. The lowest BCUT2D eigenvalue weighted by Crippen LogP contribution is -2.50. The van der Waals surface area contributed by atoms with E-state index in [1.807, 2.05) is 12.3 Å². The number of aromatic nitrogens is 1. The second-order valence-electron chi connectivity index (χ2n) is 7.69. The molecule has 1 unspecified atom stereocenters. The van der Waals surface area contributed by atoms with E-state index in [-0.39, 0.29) is 11.8 Å². The standard InChI is InChI=1S/C21H26N4O3/c1-16-4-2-6-25(15-16)18-12-17(13-22-14-18)20(26)23-7-9-24(10-8-23)21(27)19-5-3-11-28-19/h3,5,11-14,16H,2,4,6-10,15H2,1H3. The van der Waals surface area contributed by atoms with Gasteiger partial charge in [0.05, 0.1) is 23.7 Å². The summed E-state index contributed by atoms with van der Waals surface area (Å²) in [5, 5.41) is 0. The molecule has 4 heterocycles. The number of nitrogens with zero attached hydrogens (tertiary/aromatic N) is 4. The Hall–Kier alpha value is -2.83. The maximum Gasteiger partial charge on any atom is 0.289 e. The van der Waals surface area contributed by atoms with E-state index in [0.29, 0.717) is 43.4 Å². The summed E-state index contributed by atoms with van der Waals surface area (Å²) in [6.07, 6.45) is 7.40. The first-order chi connectivity index (χ1) is 13.6. The van der Waals surface area contributed by atoms with Crippen molar-refractivity contribution >= 4 is 17.5 Å². The number of carbonyl (C=O) groups excluding carboxylic acids is 2. The minimum Gasteiger partial charge on any atom is -0.459 e. The Kier molecular flexibility index (Phi) is 5.32. The third-order valence-corrected chi connectivity index (χ3v) is 5.58. The number of rotatable bonds is 3. The van der Waals surface area contributed by atoms with E-state index in [1.54, 1.807) is 28.1 Å². The van der Waals surface area contributed by atoms with Gasteiger partial charge in [-0.1, -0.05) is 6.92 Å². The Bertz CT molecular complexity index is 828. The molecule has 0 spiro atoms. The maximum absolute atomic E-state index is 12.9.